The van der Waals surface area contributed by atoms with Crippen molar-refractivity contribution in [2.24, 2.45) is 5.73 Å². The fourth-order valence-electron chi connectivity index (χ4n) is 1.40. The smallest absolute Gasteiger partial charge is 0.258 e. The van der Waals surface area contributed by atoms with Crippen LogP contribution in [0.5, 0.6) is 5.75 Å². The molecule has 82 valence electrons. The average Bonchev–Trinajstić information content (AvgIpc) is 2.78. The Kier molecular flexibility index (Phi) is 2.92. The minimum atomic E-state index is -0.384. The number of carbonyl (C=O) groups excluding carboxylic acids is 1. The molecule has 2 aromatic rings. The van der Waals surface area contributed by atoms with E-state index in [1.165, 1.54) is 11.3 Å². The van der Waals surface area contributed by atoms with Gasteiger partial charge in [0.1, 0.15) is 5.75 Å². The van der Waals surface area contributed by atoms with Crippen LogP contribution in [0, 0.1) is 0 Å². The lowest BCUT2D eigenvalue weighted by Gasteiger charge is -2.00. The first-order valence-electron chi connectivity index (χ1n) is 4.73. The van der Waals surface area contributed by atoms with E-state index in [-0.39, 0.29) is 5.91 Å². The third-order valence-electron chi connectivity index (χ3n) is 2.27. The summed E-state index contributed by atoms with van der Waals surface area (Å²) in [5.41, 5.74) is 7.25. The van der Waals surface area contributed by atoms with Crippen LogP contribution in [0.4, 0.5) is 0 Å². The van der Waals surface area contributed by atoms with Gasteiger partial charge in [-0.15, -0.1) is 11.3 Å². The highest BCUT2D eigenvalue weighted by atomic mass is 32.1. The fourth-order valence-corrected chi connectivity index (χ4v) is 2.17. The van der Waals surface area contributed by atoms with Crippen LogP contribution in [0.15, 0.2) is 35.7 Å². The molecule has 0 bridgehead atoms. The first-order valence-corrected chi connectivity index (χ1v) is 5.61. The Morgan fingerprint density at radius 2 is 1.94 bits per heavy atom. The third kappa shape index (κ3) is 2.06. The van der Waals surface area contributed by atoms with Crippen molar-refractivity contribution < 1.29 is 9.53 Å². The van der Waals surface area contributed by atoms with Gasteiger partial charge in [-0.25, -0.2) is 0 Å². The van der Waals surface area contributed by atoms with Crippen LogP contribution < -0.4 is 10.5 Å². The van der Waals surface area contributed by atoms with E-state index >= 15 is 0 Å². The molecule has 0 saturated carbocycles. The summed E-state index contributed by atoms with van der Waals surface area (Å²) in [5, 5.41) is 1.92. The van der Waals surface area contributed by atoms with E-state index in [0.717, 1.165) is 16.9 Å². The van der Waals surface area contributed by atoms with E-state index in [4.69, 9.17) is 10.5 Å². The van der Waals surface area contributed by atoms with E-state index < -0.39 is 0 Å². The Balaban J connectivity index is 2.31. The molecule has 0 unspecified atom stereocenters. The molecule has 0 radical (unpaired) electrons. The molecule has 0 aliphatic carbocycles. The van der Waals surface area contributed by atoms with Crippen LogP contribution >= 0.6 is 11.3 Å². The number of thiophene rings is 1. The van der Waals surface area contributed by atoms with Crippen LogP contribution in [0.25, 0.3) is 11.1 Å². The largest absolute Gasteiger partial charge is 0.497 e. The molecule has 16 heavy (non-hydrogen) atoms. The maximum atomic E-state index is 11.0. The van der Waals surface area contributed by atoms with Crippen molar-refractivity contribution in [1.29, 1.82) is 0 Å². The second-order valence-corrected chi connectivity index (χ2v) is 4.20. The third-order valence-corrected chi connectivity index (χ3v) is 3.21. The number of methoxy groups -OCH3 is 1. The Hall–Kier alpha value is -1.81. The summed E-state index contributed by atoms with van der Waals surface area (Å²) >= 11 is 1.36. The number of benzene rings is 1. The molecule has 0 atom stereocenters. The number of primary amides is 1. The van der Waals surface area contributed by atoms with Gasteiger partial charge in [-0.1, -0.05) is 12.1 Å². The minimum absolute atomic E-state index is 0.384. The number of nitrogens with two attached hydrogens (primary N) is 1. The second-order valence-electron chi connectivity index (χ2n) is 3.29. The molecule has 2 N–H and O–H groups in total. The highest BCUT2D eigenvalue weighted by Crippen LogP contribution is 2.26. The predicted octanol–water partition coefficient (Wildman–Crippen LogP) is 2.52. The van der Waals surface area contributed by atoms with E-state index in [1.54, 1.807) is 13.2 Å². The van der Waals surface area contributed by atoms with Crippen LogP contribution in [-0.4, -0.2) is 13.0 Å². The van der Waals surface area contributed by atoms with Gasteiger partial charge < -0.3 is 10.5 Å². The number of rotatable bonds is 3. The lowest BCUT2D eigenvalue weighted by molar-refractivity contribution is 0.100. The van der Waals surface area contributed by atoms with Crippen molar-refractivity contribution in [3.8, 4) is 16.9 Å². The van der Waals surface area contributed by atoms with Gasteiger partial charge in [-0.2, -0.15) is 0 Å². The van der Waals surface area contributed by atoms with Crippen molar-refractivity contribution in [2.45, 2.75) is 0 Å². The van der Waals surface area contributed by atoms with Crippen molar-refractivity contribution in [2.75, 3.05) is 7.11 Å². The highest BCUT2D eigenvalue weighted by molar-refractivity contribution is 7.12. The number of carbonyl (C=O) groups is 1. The first kappa shape index (κ1) is 10.7. The van der Waals surface area contributed by atoms with E-state index in [2.05, 4.69) is 0 Å². The van der Waals surface area contributed by atoms with Crippen LogP contribution in [0.3, 0.4) is 0 Å². The Morgan fingerprint density at radius 3 is 2.44 bits per heavy atom. The zero-order chi connectivity index (χ0) is 11.5. The van der Waals surface area contributed by atoms with Gasteiger partial charge in [0, 0.05) is 0 Å². The van der Waals surface area contributed by atoms with E-state index in [1.807, 2.05) is 29.6 Å². The average molecular weight is 233 g/mol. The van der Waals surface area contributed by atoms with Gasteiger partial charge in [0.25, 0.3) is 5.91 Å². The van der Waals surface area contributed by atoms with E-state index in [9.17, 15) is 4.79 Å². The van der Waals surface area contributed by atoms with Crippen molar-refractivity contribution in [3.05, 3.63) is 40.6 Å². The summed E-state index contributed by atoms with van der Waals surface area (Å²) in [6.45, 7) is 0. The highest BCUT2D eigenvalue weighted by Gasteiger charge is 2.06. The normalized spacial score (nSPS) is 10.1. The molecule has 1 aromatic heterocycles. The molecule has 1 amide bonds. The topological polar surface area (TPSA) is 52.3 Å². The molecule has 4 heteroatoms. The molecule has 3 nitrogen and oxygen atoms in total. The standard InChI is InChI=1S/C12H11NO2S/c1-15-10-4-2-8(3-5-10)9-6-11(12(13)14)16-7-9/h2-7H,1H3,(H2,13,14). The predicted molar refractivity (Wildman–Crippen MR) is 64.8 cm³/mol. The van der Waals surface area contributed by atoms with Crippen molar-refractivity contribution in [1.82, 2.24) is 0 Å². The SMILES string of the molecule is COc1ccc(-c2csc(C(N)=O)c2)cc1. The number of hydrogen-bond donors (Lipinski definition) is 1. The van der Waals surface area contributed by atoms with Gasteiger partial charge in [-0.05, 0) is 34.7 Å². The lowest BCUT2D eigenvalue weighted by atomic mass is 10.1. The summed E-state index contributed by atoms with van der Waals surface area (Å²) in [4.78, 5) is 11.5. The minimum Gasteiger partial charge on any atom is -0.497 e. The van der Waals surface area contributed by atoms with Gasteiger partial charge in [0.2, 0.25) is 0 Å². The fraction of sp³-hybridized carbons (Fsp3) is 0.0833. The summed E-state index contributed by atoms with van der Waals surface area (Å²) in [6, 6.07) is 9.47. The number of hydrogen-bond acceptors (Lipinski definition) is 3. The van der Waals surface area contributed by atoms with Gasteiger partial charge >= 0.3 is 0 Å². The molecular weight excluding hydrogens is 222 g/mol. The number of ether oxygens (including phenoxy) is 1. The van der Waals surface area contributed by atoms with Crippen LogP contribution in [0.2, 0.25) is 0 Å². The monoisotopic (exact) mass is 233 g/mol. The van der Waals surface area contributed by atoms with Crippen molar-refractivity contribution >= 4 is 17.2 Å². The zero-order valence-electron chi connectivity index (χ0n) is 8.77. The Bertz CT molecular complexity index is 502. The zero-order valence-corrected chi connectivity index (χ0v) is 9.58. The maximum Gasteiger partial charge on any atom is 0.258 e. The Morgan fingerprint density at radius 1 is 1.25 bits per heavy atom. The summed E-state index contributed by atoms with van der Waals surface area (Å²) < 4.78 is 5.08. The van der Waals surface area contributed by atoms with Gasteiger partial charge in [0.05, 0.1) is 12.0 Å². The second kappa shape index (κ2) is 4.37. The summed E-state index contributed by atoms with van der Waals surface area (Å²) in [7, 11) is 1.63. The van der Waals surface area contributed by atoms with Crippen LogP contribution in [-0.2, 0) is 0 Å². The maximum absolute atomic E-state index is 11.0. The number of amides is 1. The quantitative estimate of drug-likeness (QED) is 0.885. The molecule has 0 aliphatic rings. The van der Waals surface area contributed by atoms with Gasteiger partial charge in [-0.3, -0.25) is 4.79 Å². The van der Waals surface area contributed by atoms with Crippen LogP contribution in [0.1, 0.15) is 9.67 Å². The molecule has 1 aromatic carbocycles. The molecule has 0 fully saturated rings. The Labute approximate surface area is 97.5 Å². The van der Waals surface area contributed by atoms with Crippen molar-refractivity contribution in [3.63, 3.8) is 0 Å². The van der Waals surface area contributed by atoms with Gasteiger partial charge in [0.15, 0.2) is 0 Å². The molecule has 2 rings (SSSR count). The summed E-state index contributed by atoms with van der Waals surface area (Å²) in [5.74, 6) is 0.430. The van der Waals surface area contributed by atoms with E-state index in [0.29, 0.717) is 4.88 Å². The molecule has 0 saturated heterocycles. The molecule has 0 aliphatic heterocycles. The molecular formula is C12H11NO2S. The summed E-state index contributed by atoms with van der Waals surface area (Å²) in [6.07, 6.45) is 0. The first-order chi connectivity index (χ1) is 7.70. The lowest BCUT2D eigenvalue weighted by Crippen LogP contribution is -2.08. The molecule has 0 spiro atoms. The molecule has 1 heterocycles.